The number of rotatable bonds is 7. The quantitative estimate of drug-likeness (QED) is 0.671. The molecule has 0 unspecified atom stereocenters. The van der Waals surface area contributed by atoms with E-state index in [-0.39, 0.29) is 19.5 Å². The monoisotopic (exact) mass is 261 g/mol. The lowest BCUT2D eigenvalue weighted by molar-refractivity contribution is -0.125. The van der Waals surface area contributed by atoms with E-state index in [0.29, 0.717) is 6.54 Å². The molecular weight excluding hydrogens is 230 g/mol. The van der Waals surface area contributed by atoms with Crippen LogP contribution in [-0.2, 0) is 9.59 Å². The maximum atomic E-state index is 11.3. The lowest BCUT2D eigenvalue weighted by Gasteiger charge is -2.12. The van der Waals surface area contributed by atoms with Crippen LogP contribution in [0.5, 0.6) is 0 Å². The van der Waals surface area contributed by atoms with E-state index >= 15 is 0 Å². The minimum atomic E-state index is -0.707. The molecule has 0 rings (SSSR count). The summed E-state index contributed by atoms with van der Waals surface area (Å²) in [4.78, 5) is 24.1. The van der Waals surface area contributed by atoms with Crippen molar-refractivity contribution in [1.29, 1.82) is 0 Å². The van der Waals surface area contributed by atoms with Crippen molar-refractivity contribution in [1.82, 2.24) is 10.2 Å². The van der Waals surface area contributed by atoms with Crippen LogP contribution in [-0.4, -0.2) is 49.8 Å². The third-order valence-electron chi connectivity index (χ3n) is 1.93. The maximum Gasteiger partial charge on any atom is 0.237 e. The first kappa shape index (κ1) is 19.4. The van der Waals surface area contributed by atoms with Gasteiger partial charge in [0.2, 0.25) is 5.91 Å². The standard InChI is InChI=1S/C10H21N3O2.C3H8.H2/c1-8(14)7-9(11)10(15)12-5-4-6-13(2)3;1-3-2;/h9H,4-7,11H2,1-3H3,(H,12,15);3H2,1-2H3;1H/t9-;;/m1../s1. The van der Waals surface area contributed by atoms with Crippen LogP contribution in [0.4, 0.5) is 0 Å². The van der Waals surface area contributed by atoms with Gasteiger partial charge in [-0.15, -0.1) is 0 Å². The number of carbonyl (C=O) groups is 2. The zero-order valence-electron chi connectivity index (χ0n) is 12.5. The van der Waals surface area contributed by atoms with Crippen LogP contribution < -0.4 is 11.1 Å². The Hall–Kier alpha value is -0.940. The molecule has 110 valence electrons. The van der Waals surface area contributed by atoms with Gasteiger partial charge in [0, 0.05) is 14.4 Å². The smallest absolute Gasteiger partial charge is 0.237 e. The number of hydrogen-bond donors (Lipinski definition) is 2. The molecule has 5 heteroatoms. The minimum absolute atomic E-state index is 0. The second kappa shape index (κ2) is 12.5. The topological polar surface area (TPSA) is 75.4 Å². The van der Waals surface area contributed by atoms with Crippen LogP contribution in [0, 0.1) is 0 Å². The van der Waals surface area contributed by atoms with Gasteiger partial charge in [-0.2, -0.15) is 0 Å². The Morgan fingerprint density at radius 2 is 1.83 bits per heavy atom. The predicted molar refractivity (Wildman–Crippen MR) is 77.5 cm³/mol. The van der Waals surface area contributed by atoms with E-state index in [0.717, 1.165) is 13.0 Å². The Bertz CT molecular complexity index is 236. The fourth-order valence-electron chi connectivity index (χ4n) is 1.14. The lowest BCUT2D eigenvalue weighted by Crippen LogP contribution is -2.42. The molecule has 0 aromatic heterocycles. The largest absolute Gasteiger partial charge is 0.355 e. The van der Waals surface area contributed by atoms with Crippen molar-refractivity contribution in [2.24, 2.45) is 5.73 Å². The SMILES string of the molecule is CC(=O)C[C@@H](N)C(=O)NCCCN(C)C.CCC.[HH]. The molecule has 0 fully saturated rings. The third-order valence-corrected chi connectivity index (χ3v) is 1.93. The van der Waals surface area contributed by atoms with E-state index in [1.54, 1.807) is 0 Å². The first-order chi connectivity index (χ1) is 8.34. The Labute approximate surface area is 113 Å². The first-order valence-corrected chi connectivity index (χ1v) is 6.52. The van der Waals surface area contributed by atoms with E-state index < -0.39 is 6.04 Å². The van der Waals surface area contributed by atoms with E-state index in [2.05, 4.69) is 19.2 Å². The summed E-state index contributed by atoms with van der Waals surface area (Å²) in [5.74, 6) is -0.310. The second-order valence-corrected chi connectivity index (χ2v) is 4.67. The molecule has 1 atom stereocenters. The molecule has 0 saturated heterocycles. The molecule has 0 bridgehead atoms. The summed E-state index contributed by atoms with van der Waals surface area (Å²) in [6, 6.07) is -0.707. The van der Waals surface area contributed by atoms with Crippen LogP contribution in [0.3, 0.4) is 0 Å². The molecule has 0 aromatic rings. The summed E-state index contributed by atoms with van der Waals surface area (Å²) >= 11 is 0. The van der Waals surface area contributed by atoms with Crippen molar-refractivity contribution < 1.29 is 11.0 Å². The highest BCUT2D eigenvalue weighted by Crippen LogP contribution is 1.90. The Morgan fingerprint density at radius 1 is 1.33 bits per heavy atom. The summed E-state index contributed by atoms with van der Waals surface area (Å²) in [5.41, 5.74) is 5.52. The van der Waals surface area contributed by atoms with Crippen molar-refractivity contribution in [2.45, 2.75) is 46.1 Å². The van der Waals surface area contributed by atoms with Crippen LogP contribution in [0.15, 0.2) is 0 Å². The molecule has 0 aliphatic rings. The minimum Gasteiger partial charge on any atom is -0.355 e. The number of ketones is 1. The average molecular weight is 261 g/mol. The van der Waals surface area contributed by atoms with Gasteiger partial charge in [0.15, 0.2) is 0 Å². The van der Waals surface area contributed by atoms with Crippen molar-refractivity contribution in [3.8, 4) is 0 Å². The number of Topliss-reactive ketones (excluding diaryl/α,β-unsaturated/α-hetero) is 1. The predicted octanol–water partition coefficient (Wildman–Crippen LogP) is 1.02. The second-order valence-electron chi connectivity index (χ2n) is 4.67. The zero-order chi connectivity index (χ0) is 14.6. The van der Waals surface area contributed by atoms with E-state index in [1.165, 1.54) is 13.3 Å². The summed E-state index contributed by atoms with van der Waals surface area (Å²) in [5, 5.41) is 2.70. The normalized spacial score (nSPS) is 11.5. The fraction of sp³-hybridized carbons (Fsp3) is 0.846. The maximum absolute atomic E-state index is 11.3. The van der Waals surface area contributed by atoms with Crippen molar-refractivity contribution in [3.05, 3.63) is 0 Å². The van der Waals surface area contributed by atoms with Crippen molar-refractivity contribution in [2.75, 3.05) is 27.2 Å². The molecule has 5 nitrogen and oxygen atoms in total. The fourth-order valence-corrected chi connectivity index (χ4v) is 1.14. The van der Waals surface area contributed by atoms with E-state index in [4.69, 9.17) is 5.73 Å². The van der Waals surface area contributed by atoms with Crippen molar-refractivity contribution >= 4 is 11.7 Å². The molecular formula is C13H31N3O2. The molecule has 18 heavy (non-hydrogen) atoms. The molecule has 3 N–H and O–H groups in total. The van der Waals surface area contributed by atoms with Gasteiger partial charge in [0.05, 0.1) is 6.04 Å². The molecule has 1 amide bonds. The van der Waals surface area contributed by atoms with Crippen LogP contribution in [0.25, 0.3) is 0 Å². The van der Waals surface area contributed by atoms with E-state index in [1.807, 2.05) is 19.0 Å². The lowest BCUT2D eigenvalue weighted by atomic mass is 10.1. The number of amides is 1. The molecule has 0 saturated carbocycles. The summed E-state index contributed by atoms with van der Waals surface area (Å²) in [6.07, 6.45) is 2.24. The molecule has 0 radical (unpaired) electrons. The average Bonchev–Trinajstić information content (AvgIpc) is 2.23. The molecule has 0 aliphatic carbocycles. The number of nitrogens with zero attached hydrogens (tertiary/aromatic N) is 1. The number of nitrogens with one attached hydrogen (secondary N) is 1. The third kappa shape index (κ3) is 15.1. The molecule has 0 heterocycles. The molecule has 0 aliphatic heterocycles. The highest BCUT2D eigenvalue weighted by molar-refractivity contribution is 5.87. The summed E-state index contributed by atoms with van der Waals surface area (Å²) in [7, 11) is 3.95. The Kier molecular flexibility index (Phi) is 13.5. The molecule has 0 spiro atoms. The molecule has 0 aromatic carbocycles. The van der Waals surface area contributed by atoms with Gasteiger partial charge in [-0.1, -0.05) is 20.3 Å². The van der Waals surface area contributed by atoms with Gasteiger partial charge >= 0.3 is 0 Å². The highest BCUT2D eigenvalue weighted by atomic mass is 16.2. The number of carbonyl (C=O) groups excluding carboxylic acids is 2. The van der Waals surface area contributed by atoms with Crippen LogP contribution in [0.2, 0.25) is 0 Å². The van der Waals surface area contributed by atoms with Gasteiger partial charge in [-0.05, 0) is 34.0 Å². The Morgan fingerprint density at radius 3 is 2.22 bits per heavy atom. The van der Waals surface area contributed by atoms with Crippen molar-refractivity contribution in [3.63, 3.8) is 0 Å². The van der Waals surface area contributed by atoms with Gasteiger partial charge in [-0.3, -0.25) is 9.59 Å². The highest BCUT2D eigenvalue weighted by Gasteiger charge is 2.14. The number of hydrogen-bond acceptors (Lipinski definition) is 4. The van der Waals surface area contributed by atoms with Crippen LogP contribution in [0.1, 0.15) is 41.5 Å². The number of nitrogens with two attached hydrogens (primary N) is 1. The summed E-state index contributed by atoms with van der Waals surface area (Å²) in [6.45, 7) is 7.20. The van der Waals surface area contributed by atoms with Gasteiger partial charge in [0.25, 0.3) is 0 Å². The van der Waals surface area contributed by atoms with E-state index in [9.17, 15) is 9.59 Å². The van der Waals surface area contributed by atoms with Gasteiger partial charge in [0.1, 0.15) is 5.78 Å². The summed E-state index contributed by atoms with van der Waals surface area (Å²) < 4.78 is 0. The first-order valence-electron chi connectivity index (χ1n) is 6.52. The van der Waals surface area contributed by atoms with Gasteiger partial charge in [-0.25, -0.2) is 0 Å². The van der Waals surface area contributed by atoms with Crippen LogP contribution >= 0.6 is 0 Å². The van der Waals surface area contributed by atoms with Gasteiger partial charge < -0.3 is 16.0 Å². The zero-order valence-corrected chi connectivity index (χ0v) is 12.5. The Balaban J connectivity index is -0.000000580.